The van der Waals surface area contributed by atoms with Crippen molar-refractivity contribution < 1.29 is 0 Å². The molecular formula is C16H19N3O2. The molecule has 0 atom stereocenters. The number of nitrogens with one attached hydrogen (secondary N) is 2. The molecule has 0 amide bonds. The van der Waals surface area contributed by atoms with Crippen LogP contribution in [0.5, 0.6) is 0 Å². The molecule has 0 fully saturated rings. The van der Waals surface area contributed by atoms with Crippen LogP contribution in [0.4, 0.5) is 0 Å². The summed E-state index contributed by atoms with van der Waals surface area (Å²) in [5, 5.41) is 0. The lowest BCUT2D eigenvalue weighted by molar-refractivity contribution is 0.278. The third-order valence-corrected chi connectivity index (χ3v) is 4.07. The van der Waals surface area contributed by atoms with Gasteiger partial charge in [0, 0.05) is 18.8 Å². The Balaban J connectivity index is 1.59. The Labute approximate surface area is 122 Å². The van der Waals surface area contributed by atoms with Crippen LogP contribution in [0.2, 0.25) is 0 Å². The highest BCUT2D eigenvalue weighted by atomic mass is 16.2. The van der Waals surface area contributed by atoms with E-state index >= 15 is 0 Å². The molecule has 2 N–H and O–H groups in total. The maximum absolute atomic E-state index is 11.7. The number of H-pyrrole nitrogens is 2. The molecule has 0 bridgehead atoms. The zero-order valence-corrected chi connectivity index (χ0v) is 12.1. The van der Waals surface area contributed by atoms with Crippen molar-refractivity contribution in [1.82, 2.24) is 14.9 Å². The molecule has 0 saturated carbocycles. The van der Waals surface area contributed by atoms with Crippen LogP contribution >= 0.6 is 0 Å². The SMILES string of the molecule is Cc1ccccc1CCCN1Cc2[nH]c(=O)[nH]c(=O)c2C1. The van der Waals surface area contributed by atoms with Crippen molar-refractivity contribution in [1.29, 1.82) is 0 Å². The first-order chi connectivity index (χ1) is 10.1. The predicted molar refractivity (Wildman–Crippen MR) is 81.3 cm³/mol. The highest BCUT2D eigenvalue weighted by Crippen LogP contribution is 2.17. The molecule has 3 rings (SSSR count). The molecule has 1 aromatic carbocycles. The van der Waals surface area contributed by atoms with Crippen molar-refractivity contribution in [3.8, 4) is 0 Å². The highest BCUT2D eigenvalue weighted by molar-refractivity contribution is 5.25. The molecule has 1 aromatic heterocycles. The maximum atomic E-state index is 11.7. The second kappa shape index (κ2) is 5.69. The molecule has 0 aliphatic carbocycles. The Morgan fingerprint density at radius 2 is 1.95 bits per heavy atom. The summed E-state index contributed by atoms with van der Waals surface area (Å²) in [6, 6.07) is 8.42. The molecule has 0 spiro atoms. The summed E-state index contributed by atoms with van der Waals surface area (Å²) >= 11 is 0. The normalized spacial score (nSPS) is 14.3. The van der Waals surface area contributed by atoms with E-state index in [4.69, 9.17) is 0 Å². The number of nitrogens with zero attached hydrogens (tertiary/aromatic N) is 1. The van der Waals surface area contributed by atoms with E-state index in [0.717, 1.165) is 25.1 Å². The zero-order chi connectivity index (χ0) is 14.8. The lowest BCUT2D eigenvalue weighted by Gasteiger charge is -2.14. The number of aryl methyl sites for hydroxylation is 2. The van der Waals surface area contributed by atoms with Crippen LogP contribution in [0.25, 0.3) is 0 Å². The molecule has 2 heterocycles. The first-order valence-corrected chi connectivity index (χ1v) is 7.24. The number of rotatable bonds is 4. The average Bonchev–Trinajstić information content (AvgIpc) is 2.84. The van der Waals surface area contributed by atoms with Gasteiger partial charge in [-0.3, -0.25) is 14.7 Å². The van der Waals surface area contributed by atoms with Crippen LogP contribution in [0, 0.1) is 6.92 Å². The first-order valence-electron chi connectivity index (χ1n) is 7.24. The largest absolute Gasteiger partial charge is 0.325 e. The molecule has 2 aromatic rings. The van der Waals surface area contributed by atoms with Gasteiger partial charge in [-0.1, -0.05) is 24.3 Å². The van der Waals surface area contributed by atoms with Crippen LogP contribution in [-0.4, -0.2) is 21.4 Å². The van der Waals surface area contributed by atoms with Crippen molar-refractivity contribution in [3.05, 3.63) is 67.5 Å². The molecule has 21 heavy (non-hydrogen) atoms. The van der Waals surface area contributed by atoms with Gasteiger partial charge in [0.2, 0.25) is 0 Å². The summed E-state index contributed by atoms with van der Waals surface area (Å²) in [5.74, 6) is 0. The van der Waals surface area contributed by atoms with Gasteiger partial charge in [0.05, 0.1) is 5.56 Å². The number of benzene rings is 1. The van der Waals surface area contributed by atoms with Gasteiger partial charge in [-0.2, -0.15) is 0 Å². The van der Waals surface area contributed by atoms with E-state index in [1.165, 1.54) is 11.1 Å². The standard InChI is InChI=1S/C16H19N3O2/c1-11-5-2-3-6-12(11)7-4-8-19-9-13-14(10-19)17-16(21)18-15(13)20/h2-3,5-6H,4,7-10H2,1H3,(H2,17,18,20,21). The summed E-state index contributed by atoms with van der Waals surface area (Å²) in [7, 11) is 0. The minimum atomic E-state index is -0.416. The van der Waals surface area contributed by atoms with Gasteiger partial charge < -0.3 is 4.98 Å². The van der Waals surface area contributed by atoms with Gasteiger partial charge in [-0.25, -0.2) is 4.79 Å². The Bertz CT molecular complexity index is 761. The highest BCUT2D eigenvalue weighted by Gasteiger charge is 2.22. The van der Waals surface area contributed by atoms with Crippen molar-refractivity contribution in [2.24, 2.45) is 0 Å². The van der Waals surface area contributed by atoms with Gasteiger partial charge in [0.1, 0.15) is 0 Å². The fourth-order valence-corrected chi connectivity index (χ4v) is 2.91. The number of hydrogen-bond donors (Lipinski definition) is 2. The molecular weight excluding hydrogens is 266 g/mol. The lowest BCUT2D eigenvalue weighted by Crippen LogP contribution is -2.25. The van der Waals surface area contributed by atoms with Gasteiger partial charge in [-0.05, 0) is 37.4 Å². The van der Waals surface area contributed by atoms with Crippen molar-refractivity contribution in [3.63, 3.8) is 0 Å². The maximum Gasteiger partial charge on any atom is 0.325 e. The van der Waals surface area contributed by atoms with Crippen LogP contribution < -0.4 is 11.2 Å². The summed E-state index contributed by atoms with van der Waals surface area (Å²) in [6.45, 7) is 4.33. The summed E-state index contributed by atoms with van der Waals surface area (Å²) in [4.78, 5) is 30.2. The van der Waals surface area contributed by atoms with E-state index in [-0.39, 0.29) is 5.56 Å². The van der Waals surface area contributed by atoms with E-state index in [2.05, 4.69) is 46.1 Å². The van der Waals surface area contributed by atoms with Gasteiger partial charge in [0.15, 0.2) is 0 Å². The number of fused-ring (bicyclic) bond motifs is 1. The Kier molecular flexibility index (Phi) is 3.75. The van der Waals surface area contributed by atoms with Crippen LogP contribution in [-0.2, 0) is 19.5 Å². The van der Waals surface area contributed by atoms with Crippen LogP contribution in [0.1, 0.15) is 28.8 Å². The van der Waals surface area contributed by atoms with Crippen molar-refractivity contribution in [2.75, 3.05) is 6.54 Å². The quantitative estimate of drug-likeness (QED) is 0.890. The van der Waals surface area contributed by atoms with Gasteiger partial charge in [-0.15, -0.1) is 0 Å². The van der Waals surface area contributed by atoms with Crippen molar-refractivity contribution in [2.45, 2.75) is 32.9 Å². The fraction of sp³-hybridized carbons (Fsp3) is 0.375. The lowest BCUT2D eigenvalue weighted by atomic mass is 10.0. The first kappa shape index (κ1) is 13.8. The fourth-order valence-electron chi connectivity index (χ4n) is 2.91. The van der Waals surface area contributed by atoms with E-state index in [1.54, 1.807) is 0 Å². The van der Waals surface area contributed by atoms with E-state index in [1.807, 2.05) is 0 Å². The monoisotopic (exact) mass is 285 g/mol. The summed E-state index contributed by atoms with van der Waals surface area (Å²) in [6.07, 6.45) is 2.08. The second-order valence-electron chi connectivity index (χ2n) is 5.61. The molecule has 1 aliphatic rings. The zero-order valence-electron chi connectivity index (χ0n) is 12.1. The molecule has 5 heteroatoms. The number of aromatic nitrogens is 2. The Morgan fingerprint density at radius 1 is 1.14 bits per heavy atom. The topological polar surface area (TPSA) is 69.0 Å². The Hall–Kier alpha value is -2.14. The average molecular weight is 285 g/mol. The van der Waals surface area contributed by atoms with Gasteiger partial charge >= 0.3 is 5.69 Å². The molecule has 0 radical (unpaired) electrons. The number of aromatic amines is 2. The van der Waals surface area contributed by atoms with Crippen molar-refractivity contribution >= 4 is 0 Å². The predicted octanol–water partition coefficient (Wildman–Crippen LogP) is 1.32. The van der Waals surface area contributed by atoms with E-state index < -0.39 is 5.69 Å². The summed E-state index contributed by atoms with van der Waals surface area (Å²) in [5.41, 5.74) is 3.49. The molecule has 110 valence electrons. The molecule has 1 aliphatic heterocycles. The third kappa shape index (κ3) is 2.97. The molecule has 0 saturated heterocycles. The minimum absolute atomic E-state index is 0.254. The smallest absolute Gasteiger partial charge is 0.310 e. The minimum Gasteiger partial charge on any atom is -0.310 e. The third-order valence-electron chi connectivity index (χ3n) is 4.07. The summed E-state index contributed by atoms with van der Waals surface area (Å²) < 4.78 is 0. The molecule has 0 unspecified atom stereocenters. The molecule has 5 nitrogen and oxygen atoms in total. The van der Waals surface area contributed by atoms with Crippen LogP contribution in [0.15, 0.2) is 33.9 Å². The second-order valence-corrected chi connectivity index (χ2v) is 5.61. The van der Waals surface area contributed by atoms with Crippen LogP contribution in [0.3, 0.4) is 0 Å². The van der Waals surface area contributed by atoms with E-state index in [0.29, 0.717) is 18.7 Å². The Morgan fingerprint density at radius 3 is 2.76 bits per heavy atom. The number of hydrogen-bond acceptors (Lipinski definition) is 3. The van der Waals surface area contributed by atoms with Gasteiger partial charge in [0.25, 0.3) is 5.56 Å². The van der Waals surface area contributed by atoms with E-state index in [9.17, 15) is 9.59 Å².